The first kappa shape index (κ1) is 13.3. The van der Waals surface area contributed by atoms with E-state index in [4.69, 9.17) is 21.1 Å². The summed E-state index contributed by atoms with van der Waals surface area (Å²) in [6.07, 6.45) is 0. The molecule has 0 spiro atoms. The van der Waals surface area contributed by atoms with Crippen molar-refractivity contribution in [1.29, 1.82) is 0 Å². The van der Waals surface area contributed by atoms with Gasteiger partial charge in [-0.25, -0.2) is 4.79 Å². The summed E-state index contributed by atoms with van der Waals surface area (Å²) >= 11 is 9.38. The average molecular weight is 308 g/mol. The van der Waals surface area contributed by atoms with Crippen molar-refractivity contribution >= 4 is 33.5 Å². The van der Waals surface area contributed by atoms with Crippen LogP contribution in [0.4, 0.5) is 0 Å². The van der Waals surface area contributed by atoms with Gasteiger partial charge in [-0.05, 0) is 24.6 Å². The van der Waals surface area contributed by atoms with E-state index in [1.807, 2.05) is 0 Å². The summed E-state index contributed by atoms with van der Waals surface area (Å²) in [5, 5.41) is 0.950. The number of methoxy groups -OCH3 is 1. The predicted octanol–water partition coefficient (Wildman–Crippen LogP) is 3.42. The Morgan fingerprint density at radius 3 is 2.69 bits per heavy atom. The summed E-state index contributed by atoms with van der Waals surface area (Å²) in [5.74, 6) is 0.149. The molecule has 1 rings (SSSR count). The van der Waals surface area contributed by atoms with Crippen molar-refractivity contribution in [2.75, 3.05) is 13.7 Å². The van der Waals surface area contributed by atoms with Crippen molar-refractivity contribution in [2.45, 2.75) is 12.3 Å². The highest BCUT2D eigenvalue weighted by molar-refractivity contribution is 9.08. The quantitative estimate of drug-likeness (QED) is 0.631. The Kier molecular flexibility index (Phi) is 5.09. The predicted molar refractivity (Wildman–Crippen MR) is 66.6 cm³/mol. The molecule has 0 amide bonds. The molecule has 0 unspecified atom stereocenters. The van der Waals surface area contributed by atoms with E-state index < -0.39 is 5.97 Å². The minimum Gasteiger partial charge on any atom is -0.497 e. The second-order valence-corrected chi connectivity index (χ2v) is 3.94. The lowest BCUT2D eigenvalue weighted by Crippen LogP contribution is -2.07. The SMILES string of the molecule is CCOC(=O)c1cc(OC)cc(CBr)c1Cl. The smallest absolute Gasteiger partial charge is 0.339 e. The Hall–Kier alpha value is -0.740. The minimum absolute atomic E-state index is 0.315. The summed E-state index contributed by atoms with van der Waals surface area (Å²) in [6, 6.07) is 3.35. The van der Waals surface area contributed by atoms with Crippen LogP contribution in [0.5, 0.6) is 5.75 Å². The first-order valence-corrected chi connectivity index (χ1v) is 6.23. The number of esters is 1. The van der Waals surface area contributed by atoms with Crippen LogP contribution in [0.2, 0.25) is 5.02 Å². The number of alkyl halides is 1. The van der Waals surface area contributed by atoms with Gasteiger partial charge in [0.05, 0.1) is 24.3 Å². The Balaban J connectivity index is 3.20. The molecule has 0 bridgehead atoms. The Bertz CT molecular complexity index is 393. The van der Waals surface area contributed by atoms with Crippen LogP contribution in [0.15, 0.2) is 12.1 Å². The first-order chi connectivity index (χ1) is 7.63. The van der Waals surface area contributed by atoms with E-state index in [1.165, 1.54) is 7.11 Å². The summed E-state index contributed by atoms with van der Waals surface area (Å²) in [4.78, 5) is 11.6. The molecule has 88 valence electrons. The average Bonchev–Trinajstić information content (AvgIpc) is 2.29. The van der Waals surface area contributed by atoms with Gasteiger partial charge in [0.25, 0.3) is 0 Å². The van der Waals surface area contributed by atoms with E-state index in [9.17, 15) is 4.79 Å². The highest BCUT2D eigenvalue weighted by atomic mass is 79.9. The van der Waals surface area contributed by atoms with Crippen LogP contribution < -0.4 is 4.74 Å². The zero-order chi connectivity index (χ0) is 12.1. The molecule has 0 aromatic heterocycles. The van der Waals surface area contributed by atoms with E-state index >= 15 is 0 Å². The Labute approximate surface area is 108 Å². The molecular weight excluding hydrogens is 295 g/mol. The third-order valence-electron chi connectivity index (χ3n) is 2.00. The van der Waals surface area contributed by atoms with Gasteiger partial charge in [-0.15, -0.1) is 0 Å². The number of carbonyl (C=O) groups is 1. The lowest BCUT2D eigenvalue weighted by atomic mass is 10.1. The van der Waals surface area contributed by atoms with Gasteiger partial charge in [0.15, 0.2) is 0 Å². The number of hydrogen-bond acceptors (Lipinski definition) is 3. The van der Waals surface area contributed by atoms with Crippen molar-refractivity contribution in [3.05, 3.63) is 28.3 Å². The molecule has 0 saturated carbocycles. The largest absolute Gasteiger partial charge is 0.497 e. The molecule has 5 heteroatoms. The summed E-state index contributed by atoms with van der Waals surface area (Å²) in [6.45, 7) is 2.06. The minimum atomic E-state index is -0.436. The number of ether oxygens (including phenoxy) is 2. The zero-order valence-corrected chi connectivity index (χ0v) is 11.4. The molecular formula is C11H12BrClO3. The molecule has 0 aliphatic heterocycles. The lowest BCUT2D eigenvalue weighted by molar-refractivity contribution is 0.0526. The van der Waals surface area contributed by atoms with Crippen LogP contribution in [0.25, 0.3) is 0 Å². The summed E-state index contributed by atoms with van der Waals surface area (Å²) < 4.78 is 10.0. The fraction of sp³-hybridized carbons (Fsp3) is 0.364. The van der Waals surface area contributed by atoms with Crippen LogP contribution in [-0.4, -0.2) is 19.7 Å². The maximum atomic E-state index is 11.6. The number of halogens is 2. The van der Waals surface area contributed by atoms with Crippen molar-refractivity contribution < 1.29 is 14.3 Å². The van der Waals surface area contributed by atoms with Gasteiger partial charge in [-0.1, -0.05) is 27.5 Å². The van der Waals surface area contributed by atoms with Crippen LogP contribution >= 0.6 is 27.5 Å². The molecule has 0 radical (unpaired) electrons. The fourth-order valence-corrected chi connectivity index (χ4v) is 2.08. The molecule has 0 aliphatic carbocycles. The van der Waals surface area contributed by atoms with Gasteiger partial charge in [0, 0.05) is 5.33 Å². The molecule has 0 saturated heterocycles. The highest BCUT2D eigenvalue weighted by Gasteiger charge is 2.16. The van der Waals surface area contributed by atoms with Crippen LogP contribution in [-0.2, 0) is 10.1 Å². The van der Waals surface area contributed by atoms with E-state index in [1.54, 1.807) is 19.1 Å². The maximum Gasteiger partial charge on any atom is 0.339 e. The van der Waals surface area contributed by atoms with Crippen molar-refractivity contribution in [2.24, 2.45) is 0 Å². The van der Waals surface area contributed by atoms with E-state index in [-0.39, 0.29) is 0 Å². The molecule has 0 aliphatic rings. The Morgan fingerprint density at radius 2 is 2.19 bits per heavy atom. The van der Waals surface area contributed by atoms with Gasteiger partial charge in [0.2, 0.25) is 0 Å². The topological polar surface area (TPSA) is 35.5 Å². The summed E-state index contributed by atoms with van der Waals surface area (Å²) in [5.41, 5.74) is 1.13. The van der Waals surface area contributed by atoms with Crippen LogP contribution in [0, 0.1) is 0 Å². The summed E-state index contributed by atoms with van der Waals surface area (Å²) in [7, 11) is 1.54. The van der Waals surface area contributed by atoms with Crippen LogP contribution in [0.1, 0.15) is 22.8 Å². The van der Waals surface area contributed by atoms with E-state index in [0.717, 1.165) is 5.56 Å². The van der Waals surface area contributed by atoms with Gasteiger partial charge >= 0.3 is 5.97 Å². The van der Waals surface area contributed by atoms with Gasteiger partial charge in [-0.2, -0.15) is 0 Å². The zero-order valence-electron chi connectivity index (χ0n) is 9.05. The Morgan fingerprint density at radius 1 is 1.50 bits per heavy atom. The van der Waals surface area contributed by atoms with Gasteiger partial charge in [-0.3, -0.25) is 0 Å². The highest BCUT2D eigenvalue weighted by Crippen LogP contribution is 2.29. The second kappa shape index (κ2) is 6.11. The molecule has 3 nitrogen and oxygen atoms in total. The third-order valence-corrected chi connectivity index (χ3v) is 3.05. The molecule has 1 aromatic carbocycles. The molecule has 16 heavy (non-hydrogen) atoms. The molecule has 0 fully saturated rings. The lowest BCUT2D eigenvalue weighted by Gasteiger charge is -2.10. The van der Waals surface area contributed by atoms with Gasteiger partial charge < -0.3 is 9.47 Å². The molecule has 0 heterocycles. The second-order valence-electron chi connectivity index (χ2n) is 3.00. The van der Waals surface area contributed by atoms with Crippen molar-refractivity contribution in [3.8, 4) is 5.75 Å². The monoisotopic (exact) mass is 306 g/mol. The standard InChI is InChI=1S/C11H12BrClO3/c1-3-16-11(14)9-5-8(15-2)4-7(6-12)10(9)13/h4-5H,3,6H2,1-2H3. The number of benzene rings is 1. The fourth-order valence-electron chi connectivity index (χ4n) is 1.23. The van der Waals surface area contributed by atoms with Crippen molar-refractivity contribution in [3.63, 3.8) is 0 Å². The maximum absolute atomic E-state index is 11.6. The molecule has 0 atom stereocenters. The molecule has 1 aromatic rings. The number of carbonyl (C=O) groups excluding carboxylic acids is 1. The molecule has 0 N–H and O–H groups in total. The number of hydrogen-bond donors (Lipinski definition) is 0. The third kappa shape index (κ3) is 2.89. The van der Waals surface area contributed by atoms with E-state index in [0.29, 0.717) is 28.3 Å². The van der Waals surface area contributed by atoms with E-state index in [2.05, 4.69) is 15.9 Å². The van der Waals surface area contributed by atoms with Crippen LogP contribution in [0.3, 0.4) is 0 Å². The van der Waals surface area contributed by atoms with Crippen molar-refractivity contribution in [1.82, 2.24) is 0 Å². The number of rotatable bonds is 4. The van der Waals surface area contributed by atoms with Gasteiger partial charge in [0.1, 0.15) is 5.75 Å². The first-order valence-electron chi connectivity index (χ1n) is 4.73. The normalized spacial score (nSPS) is 10.0.